The maximum absolute atomic E-state index is 12.1. The molecule has 0 spiro atoms. The highest BCUT2D eigenvalue weighted by atomic mass is 16.5. The summed E-state index contributed by atoms with van der Waals surface area (Å²) in [5, 5.41) is 13.4. The van der Waals surface area contributed by atoms with Crippen molar-refractivity contribution in [1.82, 2.24) is 0 Å². The zero-order chi connectivity index (χ0) is 21.6. The summed E-state index contributed by atoms with van der Waals surface area (Å²) in [6.45, 7) is 12.6. The lowest BCUT2D eigenvalue weighted by Gasteiger charge is -2.29. The molecule has 0 aliphatic rings. The van der Waals surface area contributed by atoms with Gasteiger partial charge in [0.05, 0.1) is 5.60 Å². The molecule has 0 aliphatic heterocycles. The van der Waals surface area contributed by atoms with E-state index in [1.165, 1.54) is 5.56 Å². The number of benzene rings is 2. The summed E-state index contributed by atoms with van der Waals surface area (Å²) in [6, 6.07) is 12.6. The van der Waals surface area contributed by atoms with Gasteiger partial charge in [-0.1, -0.05) is 37.3 Å². The van der Waals surface area contributed by atoms with Crippen LogP contribution in [0.5, 0.6) is 0 Å². The molecule has 4 nitrogen and oxygen atoms in total. The summed E-state index contributed by atoms with van der Waals surface area (Å²) in [7, 11) is 0. The molecule has 0 aliphatic carbocycles. The number of carbonyl (C=O) groups is 1. The van der Waals surface area contributed by atoms with Crippen molar-refractivity contribution in [2.75, 3.05) is 11.9 Å². The molecule has 2 aromatic carbocycles. The number of carboxylic acids is 1. The predicted molar refractivity (Wildman–Crippen MR) is 120 cm³/mol. The Labute approximate surface area is 175 Å². The number of hydrogen-bond donors (Lipinski definition) is 2. The van der Waals surface area contributed by atoms with E-state index in [2.05, 4.69) is 42.6 Å². The van der Waals surface area contributed by atoms with Crippen LogP contribution in [0.1, 0.15) is 68.0 Å². The Hall–Kier alpha value is -2.33. The molecule has 0 saturated heterocycles. The Bertz CT molecular complexity index is 822. The summed E-state index contributed by atoms with van der Waals surface area (Å²) in [5.41, 5.74) is 5.69. The van der Waals surface area contributed by atoms with Crippen LogP contribution in [0, 0.1) is 13.8 Å². The van der Waals surface area contributed by atoms with E-state index in [0.29, 0.717) is 0 Å². The van der Waals surface area contributed by atoms with Crippen LogP contribution in [-0.2, 0) is 22.4 Å². The summed E-state index contributed by atoms with van der Waals surface area (Å²) < 4.78 is 5.97. The number of carboxylic acid groups (broad SMARTS) is 1. The Morgan fingerprint density at radius 2 is 1.83 bits per heavy atom. The van der Waals surface area contributed by atoms with Crippen molar-refractivity contribution >= 4 is 11.7 Å². The largest absolute Gasteiger partial charge is 0.479 e. The molecular formula is C25H35NO3. The number of nitrogens with one attached hydrogen (secondary N) is 1. The Morgan fingerprint density at radius 3 is 2.38 bits per heavy atom. The molecule has 0 fully saturated rings. The van der Waals surface area contributed by atoms with Crippen LogP contribution in [0.25, 0.3) is 0 Å². The molecule has 158 valence electrons. The van der Waals surface area contributed by atoms with Crippen LogP contribution in [-0.4, -0.2) is 23.2 Å². The standard InChI is InChI=1S/C25H35NO3/c1-7-20-17(2)16-21(26-15-11-14-19-12-9-8-10-13-19)18(3)22(20)23(24(27)28)29-25(4,5)6/h8-10,12-13,16,23,26H,7,11,14-15H2,1-6H3,(H,27,28). The third-order valence-corrected chi connectivity index (χ3v) is 5.08. The normalized spacial score (nSPS) is 12.6. The van der Waals surface area contributed by atoms with E-state index < -0.39 is 17.7 Å². The van der Waals surface area contributed by atoms with Crippen molar-refractivity contribution in [3.8, 4) is 0 Å². The highest BCUT2D eigenvalue weighted by Gasteiger charge is 2.31. The maximum atomic E-state index is 12.1. The Kier molecular flexibility index (Phi) is 7.86. The van der Waals surface area contributed by atoms with E-state index in [1.54, 1.807) is 0 Å². The van der Waals surface area contributed by atoms with E-state index in [1.807, 2.05) is 40.7 Å². The molecular weight excluding hydrogens is 362 g/mol. The first-order chi connectivity index (χ1) is 13.6. The maximum Gasteiger partial charge on any atom is 0.337 e. The van der Waals surface area contributed by atoms with Gasteiger partial charge in [-0.25, -0.2) is 4.79 Å². The first kappa shape index (κ1) is 23.0. The molecule has 0 bridgehead atoms. The minimum atomic E-state index is -0.977. The van der Waals surface area contributed by atoms with Crippen molar-refractivity contribution in [1.29, 1.82) is 0 Å². The predicted octanol–water partition coefficient (Wildman–Crippen LogP) is 5.85. The molecule has 0 aromatic heterocycles. The molecule has 0 heterocycles. The second-order valence-corrected chi connectivity index (χ2v) is 8.58. The lowest BCUT2D eigenvalue weighted by molar-refractivity contribution is -0.160. The van der Waals surface area contributed by atoms with E-state index in [0.717, 1.165) is 53.7 Å². The highest BCUT2D eigenvalue weighted by Crippen LogP contribution is 2.35. The third kappa shape index (κ3) is 6.33. The van der Waals surface area contributed by atoms with Gasteiger partial charge in [0.25, 0.3) is 0 Å². The number of rotatable bonds is 9. The van der Waals surface area contributed by atoms with Crippen LogP contribution in [0.15, 0.2) is 36.4 Å². The number of aryl methyl sites for hydroxylation is 2. The smallest absolute Gasteiger partial charge is 0.337 e. The van der Waals surface area contributed by atoms with Crippen LogP contribution < -0.4 is 5.32 Å². The zero-order valence-corrected chi connectivity index (χ0v) is 18.6. The van der Waals surface area contributed by atoms with Gasteiger partial charge in [0.2, 0.25) is 0 Å². The number of anilines is 1. The first-order valence-corrected chi connectivity index (χ1v) is 10.5. The molecule has 2 N–H and O–H groups in total. The molecule has 2 aromatic rings. The monoisotopic (exact) mass is 397 g/mol. The molecule has 0 amide bonds. The van der Waals surface area contributed by atoms with Gasteiger partial charge in [0, 0.05) is 17.8 Å². The lowest BCUT2D eigenvalue weighted by atomic mass is 9.90. The fourth-order valence-electron chi connectivity index (χ4n) is 3.75. The van der Waals surface area contributed by atoms with Crippen LogP contribution in [0.3, 0.4) is 0 Å². The van der Waals surface area contributed by atoms with Crippen molar-refractivity contribution in [2.45, 2.75) is 72.5 Å². The number of ether oxygens (including phenoxy) is 1. The minimum Gasteiger partial charge on any atom is -0.479 e. The third-order valence-electron chi connectivity index (χ3n) is 5.08. The number of hydrogen-bond acceptors (Lipinski definition) is 3. The molecule has 4 heteroatoms. The molecule has 2 rings (SSSR count). The summed E-state index contributed by atoms with van der Waals surface area (Å²) in [6.07, 6.45) is 1.81. The summed E-state index contributed by atoms with van der Waals surface area (Å²) in [5.74, 6) is -0.946. The van der Waals surface area contributed by atoms with E-state index in [9.17, 15) is 9.90 Å². The van der Waals surface area contributed by atoms with Crippen molar-refractivity contribution in [3.05, 3.63) is 64.2 Å². The van der Waals surface area contributed by atoms with Crippen LogP contribution >= 0.6 is 0 Å². The average Bonchev–Trinajstić information content (AvgIpc) is 2.65. The second kappa shape index (κ2) is 9.93. The van der Waals surface area contributed by atoms with Gasteiger partial charge in [-0.2, -0.15) is 0 Å². The van der Waals surface area contributed by atoms with Gasteiger partial charge in [-0.3, -0.25) is 0 Å². The van der Waals surface area contributed by atoms with Gasteiger partial charge in [-0.15, -0.1) is 0 Å². The van der Waals surface area contributed by atoms with Gasteiger partial charge in [-0.05, 0) is 82.2 Å². The first-order valence-electron chi connectivity index (χ1n) is 10.5. The molecule has 0 radical (unpaired) electrons. The van der Waals surface area contributed by atoms with E-state index in [-0.39, 0.29) is 0 Å². The van der Waals surface area contributed by atoms with E-state index in [4.69, 9.17) is 4.74 Å². The Morgan fingerprint density at radius 1 is 1.17 bits per heavy atom. The molecule has 29 heavy (non-hydrogen) atoms. The summed E-state index contributed by atoms with van der Waals surface area (Å²) >= 11 is 0. The fraction of sp³-hybridized carbons (Fsp3) is 0.480. The van der Waals surface area contributed by atoms with Gasteiger partial charge < -0.3 is 15.2 Å². The molecule has 1 atom stereocenters. The van der Waals surface area contributed by atoms with Crippen LogP contribution in [0.4, 0.5) is 5.69 Å². The average molecular weight is 398 g/mol. The van der Waals surface area contributed by atoms with Crippen LogP contribution in [0.2, 0.25) is 0 Å². The fourth-order valence-corrected chi connectivity index (χ4v) is 3.75. The SMILES string of the molecule is CCc1c(C)cc(NCCCc2ccccc2)c(C)c1C(OC(C)(C)C)C(=O)O. The van der Waals surface area contributed by atoms with Gasteiger partial charge in [0.15, 0.2) is 6.10 Å². The second-order valence-electron chi connectivity index (χ2n) is 8.58. The van der Waals surface area contributed by atoms with Crippen molar-refractivity contribution < 1.29 is 14.6 Å². The Balaban J connectivity index is 2.26. The zero-order valence-electron chi connectivity index (χ0n) is 18.6. The van der Waals surface area contributed by atoms with Gasteiger partial charge in [0.1, 0.15) is 0 Å². The highest BCUT2D eigenvalue weighted by molar-refractivity contribution is 5.77. The molecule has 0 saturated carbocycles. The quantitative estimate of drug-likeness (QED) is 0.521. The lowest BCUT2D eigenvalue weighted by Crippen LogP contribution is -2.29. The van der Waals surface area contributed by atoms with Gasteiger partial charge >= 0.3 is 5.97 Å². The van der Waals surface area contributed by atoms with E-state index >= 15 is 0 Å². The van der Waals surface area contributed by atoms with Crippen molar-refractivity contribution in [2.24, 2.45) is 0 Å². The molecule has 1 unspecified atom stereocenters. The number of aliphatic carboxylic acids is 1. The van der Waals surface area contributed by atoms with Crippen molar-refractivity contribution in [3.63, 3.8) is 0 Å². The summed E-state index contributed by atoms with van der Waals surface area (Å²) in [4.78, 5) is 12.1. The minimum absolute atomic E-state index is 0.548. The topological polar surface area (TPSA) is 58.6 Å².